The van der Waals surface area contributed by atoms with Gasteiger partial charge in [-0.05, 0) is 30.3 Å². The smallest absolute Gasteiger partial charge is 0.238 e. The maximum Gasteiger partial charge on any atom is 0.238 e. The number of rotatable bonds is 2. The summed E-state index contributed by atoms with van der Waals surface area (Å²) in [5, 5.41) is -0.185. The molecule has 3 rings (SSSR count). The molecule has 3 nitrogen and oxygen atoms in total. The Hall–Kier alpha value is -1.88. The zero-order valence-electron chi connectivity index (χ0n) is 9.99. The van der Waals surface area contributed by atoms with E-state index in [0.29, 0.717) is 11.4 Å². The summed E-state index contributed by atoms with van der Waals surface area (Å²) in [7, 11) is 0. The van der Waals surface area contributed by atoms with Gasteiger partial charge in [0.25, 0.3) is 0 Å². The third-order valence-electron chi connectivity index (χ3n) is 2.90. The van der Waals surface area contributed by atoms with Crippen LogP contribution < -0.4 is 4.90 Å². The maximum absolute atomic E-state index is 13.3. The number of pyridine rings is 1. The first-order chi connectivity index (χ1) is 9.25. The number of benzene rings is 1. The molecule has 0 aliphatic carbocycles. The largest absolute Gasteiger partial charge is 0.293 e. The van der Waals surface area contributed by atoms with E-state index in [4.69, 9.17) is 0 Å². The number of carbonyl (C=O) groups excluding carboxylic acids is 1. The number of hydrogen-bond donors (Lipinski definition) is 0. The third-order valence-corrected chi connectivity index (χ3v) is 4.08. The van der Waals surface area contributed by atoms with Gasteiger partial charge in [0, 0.05) is 11.9 Å². The summed E-state index contributed by atoms with van der Waals surface area (Å²) in [5.41, 5.74) is 1.38. The van der Waals surface area contributed by atoms with Crippen LogP contribution in [0.25, 0.3) is 0 Å². The number of hydrogen-bond acceptors (Lipinski definition) is 3. The van der Waals surface area contributed by atoms with Crippen molar-refractivity contribution >= 4 is 23.4 Å². The van der Waals surface area contributed by atoms with Gasteiger partial charge in [0.15, 0.2) is 0 Å². The Kier molecular flexibility index (Phi) is 3.21. The molecule has 1 aliphatic rings. The van der Waals surface area contributed by atoms with Gasteiger partial charge in [0.05, 0.1) is 11.4 Å². The van der Waals surface area contributed by atoms with Crippen LogP contribution >= 0.6 is 11.8 Å². The van der Waals surface area contributed by atoms with Crippen molar-refractivity contribution in [2.75, 3.05) is 10.7 Å². The normalized spacial score (nSPS) is 18.9. The highest BCUT2D eigenvalue weighted by atomic mass is 32.2. The van der Waals surface area contributed by atoms with Crippen LogP contribution in [0.3, 0.4) is 0 Å². The van der Waals surface area contributed by atoms with E-state index >= 15 is 0 Å². The second kappa shape index (κ2) is 5.01. The maximum atomic E-state index is 13.3. The highest BCUT2D eigenvalue weighted by molar-refractivity contribution is 8.00. The number of amides is 1. The van der Waals surface area contributed by atoms with E-state index in [-0.39, 0.29) is 17.1 Å². The van der Waals surface area contributed by atoms with Gasteiger partial charge in [-0.3, -0.25) is 14.7 Å². The molecule has 1 amide bonds. The van der Waals surface area contributed by atoms with Crippen LogP contribution in [0.1, 0.15) is 11.1 Å². The van der Waals surface area contributed by atoms with Crippen LogP contribution in [0.2, 0.25) is 0 Å². The Bertz CT molecular complexity index is 605. The Balaban J connectivity index is 2.00. The van der Waals surface area contributed by atoms with Crippen LogP contribution in [0.4, 0.5) is 10.1 Å². The topological polar surface area (TPSA) is 33.2 Å². The number of halogens is 1. The summed E-state index contributed by atoms with van der Waals surface area (Å²) in [6.07, 6.45) is 1.70. The predicted molar refractivity (Wildman–Crippen MR) is 73.3 cm³/mol. The average molecular weight is 274 g/mol. The molecule has 0 spiro atoms. The van der Waals surface area contributed by atoms with Crippen molar-refractivity contribution in [2.24, 2.45) is 0 Å². The Labute approximate surface area is 114 Å². The zero-order valence-corrected chi connectivity index (χ0v) is 10.8. The lowest BCUT2D eigenvalue weighted by molar-refractivity contribution is -0.115. The SMILES string of the molecule is O=C1CSC(c2ccccn2)N1c1cccc(F)c1. The molecule has 1 aromatic heterocycles. The summed E-state index contributed by atoms with van der Waals surface area (Å²) < 4.78 is 13.3. The van der Waals surface area contributed by atoms with Crippen molar-refractivity contribution in [3.63, 3.8) is 0 Å². The summed E-state index contributed by atoms with van der Waals surface area (Å²) >= 11 is 1.50. The van der Waals surface area contributed by atoms with Crippen LogP contribution in [0, 0.1) is 5.82 Å². The molecule has 0 saturated carbocycles. The fourth-order valence-electron chi connectivity index (χ4n) is 2.07. The fraction of sp³-hybridized carbons (Fsp3) is 0.143. The molecule has 1 fully saturated rings. The minimum Gasteiger partial charge on any atom is -0.293 e. The first kappa shape index (κ1) is 12.2. The lowest BCUT2D eigenvalue weighted by Gasteiger charge is -2.23. The van der Waals surface area contributed by atoms with E-state index in [2.05, 4.69) is 4.98 Å². The van der Waals surface area contributed by atoms with Crippen molar-refractivity contribution in [1.29, 1.82) is 0 Å². The number of aromatic nitrogens is 1. The summed E-state index contributed by atoms with van der Waals surface area (Å²) in [5.74, 6) is 0.0193. The van der Waals surface area contributed by atoms with E-state index < -0.39 is 0 Å². The molecule has 2 aromatic rings. The van der Waals surface area contributed by atoms with E-state index in [1.165, 1.54) is 23.9 Å². The monoisotopic (exact) mass is 274 g/mol. The van der Waals surface area contributed by atoms with Crippen LogP contribution in [0.15, 0.2) is 48.7 Å². The predicted octanol–water partition coefficient (Wildman–Crippen LogP) is 3.00. The van der Waals surface area contributed by atoms with Gasteiger partial charge in [0.2, 0.25) is 5.91 Å². The molecule has 5 heteroatoms. The highest BCUT2D eigenvalue weighted by Gasteiger charge is 2.34. The van der Waals surface area contributed by atoms with Crippen molar-refractivity contribution in [3.8, 4) is 0 Å². The first-order valence-corrected chi connectivity index (χ1v) is 6.91. The summed E-state index contributed by atoms with van der Waals surface area (Å²) in [4.78, 5) is 17.9. The zero-order chi connectivity index (χ0) is 13.2. The number of nitrogens with zero attached hydrogens (tertiary/aromatic N) is 2. The second-order valence-electron chi connectivity index (χ2n) is 4.16. The Morgan fingerprint density at radius 2 is 2.16 bits per heavy atom. The number of thioether (sulfide) groups is 1. The molecule has 0 bridgehead atoms. The minimum atomic E-state index is -0.345. The van der Waals surface area contributed by atoms with Crippen molar-refractivity contribution in [3.05, 3.63) is 60.2 Å². The molecule has 1 unspecified atom stereocenters. The highest BCUT2D eigenvalue weighted by Crippen LogP contribution is 2.40. The van der Waals surface area contributed by atoms with Crippen LogP contribution in [0.5, 0.6) is 0 Å². The standard InChI is InChI=1S/C14H11FN2OS/c15-10-4-3-5-11(8-10)17-13(18)9-19-14(17)12-6-1-2-7-16-12/h1-8,14H,9H2. The van der Waals surface area contributed by atoms with E-state index in [0.717, 1.165) is 5.69 Å². The molecule has 0 N–H and O–H groups in total. The quantitative estimate of drug-likeness (QED) is 0.844. The van der Waals surface area contributed by atoms with E-state index in [1.807, 2.05) is 18.2 Å². The lowest BCUT2D eigenvalue weighted by atomic mass is 10.2. The van der Waals surface area contributed by atoms with Gasteiger partial charge in [-0.1, -0.05) is 12.1 Å². The van der Waals surface area contributed by atoms with Gasteiger partial charge >= 0.3 is 0 Å². The van der Waals surface area contributed by atoms with E-state index in [1.54, 1.807) is 23.2 Å². The molecule has 19 heavy (non-hydrogen) atoms. The number of anilines is 1. The Morgan fingerprint density at radius 1 is 1.26 bits per heavy atom. The van der Waals surface area contributed by atoms with Gasteiger partial charge < -0.3 is 0 Å². The van der Waals surface area contributed by atoms with Crippen molar-refractivity contribution < 1.29 is 9.18 Å². The summed E-state index contributed by atoms with van der Waals surface area (Å²) in [6, 6.07) is 11.7. The molecular weight excluding hydrogens is 263 g/mol. The fourth-order valence-corrected chi connectivity index (χ4v) is 3.21. The third kappa shape index (κ3) is 2.33. The Morgan fingerprint density at radius 3 is 2.89 bits per heavy atom. The van der Waals surface area contributed by atoms with E-state index in [9.17, 15) is 9.18 Å². The molecule has 0 radical (unpaired) electrons. The molecule has 1 aliphatic heterocycles. The van der Waals surface area contributed by atoms with Crippen LogP contribution in [-0.2, 0) is 4.79 Å². The van der Waals surface area contributed by atoms with Crippen molar-refractivity contribution in [2.45, 2.75) is 5.37 Å². The molecule has 96 valence electrons. The van der Waals surface area contributed by atoms with Gasteiger partial charge in [-0.15, -0.1) is 11.8 Å². The van der Waals surface area contributed by atoms with Gasteiger partial charge in [0.1, 0.15) is 11.2 Å². The molecule has 2 heterocycles. The van der Waals surface area contributed by atoms with Crippen molar-refractivity contribution in [1.82, 2.24) is 4.98 Å². The van der Waals surface area contributed by atoms with Gasteiger partial charge in [-0.25, -0.2) is 4.39 Å². The average Bonchev–Trinajstić information content (AvgIpc) is 2.82. The number of carbonyl (C=O) groups is 1. The van der Waals surface area contributed by atoms with Gasteiger partial charge in [-0.2, -0.15) is 0 Å². The summed E-state index contributed by atoms with van der Waals surface area (Å²) in [6.45, 7) is 0. The van der Waals surface area contributed by atoms with Crippen LogP contribution in [-0.4, -0.2) is 16.6 Å². The molecule has 1 aromatic carbocycles. The second-order valence-corrected chi connectivity index (χ2v) is 5.23. The lowest BCUT2D eigenvalue weighted by Crippen LogP contribution is -2.28. The molecule has 1 atom stereocenters. The minimum absolute atomic E-state index is 0.0220. The first-order valence-electron chi connectivity index (χ1n) is 5.86. The molecule has 1 saturated heterocycles. The molecular formula is C14H11FN2OS.